The van der Waals surface area contributed by atoms with Crippen LogP contribution in [0.5, 0.6) is 0 Å². The topological polar surface area (TPSA) is 138 Å². The van der Waals surface area contributed by atoms with Gasteiger partial charge in [-0.1, -0.05) is 44.2 Å². The van der Waals surface area contributed by atoms with Gasteiger partial charge in [-0.15, -0.1) is 0 Å². The lowest BCUT2D eigenvalue weighted by Crippen LogP contribution is -2.54. The number of nitrogens with one attached hydrogen (secondary N) is 3. The number of hydrogen-bond donors (Lipinski definition) is 3. The minimum atomic E-state index is -0.803. The molecular weight excluding hydrogens is 462 g/mol. The number of benzene rings is 1. The maximum absolute atomic E-state index is 13.2. The average molecular weight is 498 g/mol. The van der Waals surface area contributed by atoms with Gasteiger partial charge in [0, 0.05) is 19.5 Å². The standard InChI is InChI=1S/C25H35N7O4/c1-15(2)21-12-31(18(5)33)13-22(34)28-20(11-19-9-7-6-8-10-19)24-27-17(4)30-32(24)14-23(35)26-16(3)25(36)29-21/h6-10,15-16,20-21H,11-14H2,1-5H3,(H,26,35)(H,28,34)(H,29,36)/t16-,20+,21-/m1/s1. The molecule has 2 aromatic rings. The van der Waals surface area contributed by atoms with Gasteiger partial charge in [-0.2, -0.15) is 5.10 Å². The van der Waals surface area contributed by atoms with Crippen LogP contribution in [0, 0.1) is 12.8 Å². The number of aromatic nitrogens is 3. The summed E-state index contributed by atoms with van der Waals surface area (Å²) in [5.41, 5.74) is 0.962. The molecule has 11 nitrogen and oxygen atoms in total. The summed E-state index contributed by atoms with van der Waals surface area (Å²) < 4.78 is 1.45. The zero-order valence-corrected chi connectivity index (χ0v) is 21.4. The third-order valence-corrected chi connectivity index (χ3v) is 6.13. The lowest BCUT2D eigenvalue weighted by atomic mass is 10.0. The van der Waals surface area contributed by atoms with Crippen LogP contribution in [0.2, 0.25) is 0 Å². The summed E-state index contributed by atoms with van der Waals surface area (Å²) in [6.07, 6.45) is 0.414. The number of amides is 4. The summed E-state index contributed by atoms with van der Waals surface area (Å²) in [6, 6.07) is 7.80. The minimum absolute atomic E-state index is 0.0135. The fourth-order valence-electron chi connectivity index (χ4n) is 4.08. The first-order chi connectivity index (χ1) is 17.0. The SMILES string of the molecule is CC(=O)N1CC(=O)N[C@@H](Cc2ccccc2)c2nc(C)nn2CC(=O)N[C@H](C)C(=O)N[C@@H](C(C)C)C1. The Morgan fingerprint density at radius 1 is 1.06 bits per heavy atom. The van der Waals surface area contributed by atoms with E-state index in [0.29, 0.717) is 18.1 Å². The van der Waals surface area contributed by atoms with E-state index in [2.05, 4.69) is 26.0 Å². The van der Waals surface area contributed by atoms with E-state index in [0.717, 1.165) is 5.56 Å². The third-order valence-electron chi connectivity index (χ3n) is 6.13. The van der Waals surface area contributed by atoms with Gasteiger partial charge in [0.25, 0.3) is 0 Å². The highest BCUT2D eigenvalue weighted by atomic mass is 16.2. The van der Waals surface area contributed by atoms with E-state index in [1.807, 2.05) is 44.2 Å². The Balaban J connectivity index is 2.00. The van der Waals surface area contributed by atoms with E-state index < -0.39 is 24.0 Å². The first-order valence-corrected chi connectivity index (χ1v) is 12.1. The normalized spacial score (nSPS) is 22.1. The van der Waals surface area contributed by atoms with Crippen molar-refractivity contribution in [1.82, 2.24) is 35.6 Å². The molecule has 3 rings (SSSR count). The molecular formula is C25H35N7O4. The first-order valence-electron chi connectivity index (χ1n) is 12.1. The number of fused-ring (bicyclic) bond motifs is 1. The van der Waals surface area contributed by atoms with Crippen molar-refractivity contribution in [1.29, 1.82) is 0 Å². The molecule has 0 bridgehead atoms. The van der Waals surface area contributed by atoms with Crippen molar-refractivity contribution < 1.29 is 19.2 Å². The number of rotatable bonds is 3. The molecule has 1 aliphatic heterocycles. The number of hydrogen-bond acceptors (Lipinski definition) is 6. The number of aryl methyl sites for hydroxylation is 1. The number of nitrogens with zero attached hydrogens (tertiary/aromatic N) is 4. The van der Waals surface area contributed by atoms with E-state index in [1.165, 1.54) is 16.5 Å². The lowest BCUT2D eigenvalue weighted by molar-refractivity contribution is -0.135. The van der Waals surface area contributed by atoms with Crippen LogP contribution in [0.25, 0.3) is 0 Å². The Bertz CT molecular complexity index is 1100. The second-order valence-corrected chi connectivity index (χ2v) is 9.53. The molecule has 36 heavy (non-hydrogen) atoms. The largest absolute Gasteiger partial charge is 0.350 e. The second kappa shape index (κ2) is 11.8. The number of carbonyl (C=O) groups excluding carboxylic acids is 4. The molecule has 3 atom stereocenters. The molecule has 0 radical (unpaired) electrons. The zero-order chi connectivity index (χ0) is 26.4. The fourth-order valence-corrected chi connectivity index (χ4v) is 4.08. The van der Waals surface area contributed by atoms with Gasteiger partial charge in [-0.05, 0) is 31.7 Å². The quantitative estimate of drug-likeness (QED) is 0.564. The molecule has 0 fully saturated rings. The molecule has 0 aliphatic carbocycles. The van der Waals surface area contributed by atoms with Crippen LogP contribution in [0.15, 0.2) is 30.3 Å². The maximum Gasteiger partial charge on any atom is 0.242 e. The van der Waals surface area contributed by atoms with E-state index in [-0.39, 0.29) is 43.3 Å². The van der Waals surface area contributed by atoms with Crippen molar-refractivity contribution in [2.45, 2.75) is 65.7 Å². The smallest absolute Gasteiger partial charge is 0.242 e. The van der Waals surface area contributed by atoms with Gasteiger partial charge >= 0.3 is 0 Å². The summed E-state index contributed by atoms with van der Waals surface area (Å²) in [6.45, 7) is 8.35. The van der Waals surface area contributed by atoms with Crippen molar-refractivity contribution >= 4 is 23.6 Å². The predicted molar refractivity (Wildman–Crippen MR) is 132 cm³/mol. The molecule has 1 aromatic carbocycles. The molecule has 0 spiro atoms. The highest BCUT2D eigenvalue weighted by molar-refractivity contribution is 5.87. The van der Waals surface area contributed by atoms with Crippen molar-refractivity contribution in [2.24, 2.45) is 5.92 Å². The van der Waals surface area contributed by atoms with Crippen LogP contribution in [-0.2, 0) is 32.1 Å². The minimum Gasteiger partial charge on any atom is -0.350 e. The summed E-state index contributed by atoms with van der Waals surface area (Å²) in [5.74, 6) is -0.588. The van der Waals surface area contributed by atoms with Crippen LogP contribution in [0.1, 0.15) is 50.9 Å². The van der Waals surface area contributed by atoms with Crippen molar-refractivity contribution in [3.8, 4) is 0 Å². The van der Waals surface area contributed by atoms with E-state index in [4.69, 9.17) is 0 Å². The van der Waals surface area contributed by atoms with Gasteiger partial charge in [-0.25, -0.2) is 9.67 Å². The Morgan fingerprint density at radius 2 is 1.72 bits per heavy atom. The first kappa shape index (κ1) is 26.8. The van der Waals surface area contributed by atoms with Crippen molar-refractivity contribution in [2.75, 3.05) is 13.1 Å². The molecule has 1 aliphatic rings. The van der Waals surface area contributed by atoms with Crippen LogP contribution in [0.4, 0.5) is 0 Å². The molecule has 194 valence electrons. The Morgan fingerprint density at radius 3 is 2.36 bits per heavy atom. The van der Waals surface area contributed by atoms with Gasteiger partial charge in [0.05, 0.1) is 12.6 Å². The highest BCUT2D eigenvalue weighted by Gasteiger charge is 2.29. The van der Waals surface area contributed by atoms with Crippen LogP contribution in [-0.4, -0.2) is 68.5 Å². The monoisotopic (exact) mass is 497 g/mol. The van der Waals surface area contributed by atoms with Gasteiger partial charge in [0.2, 0.25) is 23.6 Å². The van der Waals surface area contributed by atoms with Gasteiger partial charge in [0.15, 0.2) is 5.82 Å². The van der Waals surface area contributed by atoms with E-state index >= 15 is 0 Å². The Kier molecular flexibility index (Phi) is 8.78. The second-order valence-electron chi connectivity index (χ2n) is 9.53. The maximum atomic E-state index is 13.2. The summed E-state index contributed by atoms with van der Waals surface area (Å²) in [4.78, 5) is 57.2. The van der Waals surface area contributed by atoms with E-state index in [1.54, 1.807) is 13.8 Å². The van der Waals surface area contributed by atoms with Crippen LogP contribution >= 0.6 is 0 Å². The number of carbonyl (C=O) groups is 4. The van der Waals surface area contributed by atoms with Crippen molar-refractivity contribution in [3.63, 3.8) is 0 Å². The van der Waals surface area contributed by atoms with Gasteiger partial charge in [-0.3, -0.25) is 19.2 Å². The molecule has 1 aromatic heterocycles. The Labute approximate surface area is 211 Å². The van der Waals surface area contributed by atoms with Gasteiger partial charge < -0.3 is 20.9 Å². The molecule has 0 saturated carbocycles. The summed E-state index contributed by atoms with van der Waals surface area (Å²) >= 11 is 0. The average Bonchev–Trinajstić information content (AvgIpc) is 3.16. The fraction of sp³-hybridized carbons (Fsp3) is 0.520. The summed E-state index contributed by atoms with van der Waals surface area (Å²) in [7, 11) is 0. The molecule has 2 heterocycles. The van der Waals surface area contributed by atoms with E-state index in [9.17, 15) is 19.2 Å². The molecule has 4 amide bonds. The van der Waals surface area contributed by atoms with Crippen molar-refractivity contribution in [3.05, 3.63) is 47.5 Å². The molecule has 0 saturated heterocycles. The summed E-state index contributed by atoms with van der Waals surface area (Å²) in [5, 5.41) is 13.0. The van der Waals surface area contributed by atoms with Gasteiger partial charge in [0.1, 0.15) is 18.4 Å². The predicted octanol–water partition coefficient (Wildman–Crippen LogP) is 0.494. The Hall–Kier alpha value is -3.76. The molecule has 3 N–H and O–H groups in total. The van der Waals surface area contributed by atoms with Crippen LogP contribution in [0.3, 0.4) is 0 Å². The molecule has 0 unspecified atom stereocenters. The third kappa shape index (κ3) is 7.12. The van der Waals surface area contributed by atoms with Crippen LogP contribution < -0.4 is 16.0 Å². The lowest BCUT2D eigenvalue weighted by Gasteiger charge is -2.30. The highest BCUT2D eigenvalue weighted by Crippen LogP contribution is 2.18. The molecule has 11 heteroatoms. The zero-order valence-electron chi connectivity index (χ0n) is 21.4.